The summed E-state index contributed by atoms with van der Waals surface area (Å²) >= 11 is 0. The fourth-order valence-corrected chi connectivity index (χ4v) is 5.27. The Labute approximate surface area is 138 Å². The van der Waals surface area contributed by atoms with Gasteiger partial charge in [-0.3, -0.25) is 4.79 Å². The number of carbonyl (C=O) groups excluding carboxylic acids is 1. The summed E-state index contributed by atoms with van der Waals surface area (Å²) in [5.41, 5.74) is 2.29. The smallest absolute Gasteiger partial charge is 0.243 e. The van der Waals surface area contributed by atoms with Gasteiger partial charge in [0.2, 0.25) is 5.91 Å². The molecule has 0 spiro atoms. The molecule has 0 bridgehead atoms. The summed E-state index contributed by atoms with van der Waals surface area (Å²) in [5.74, 6) is 0.926. The predicted octanol–water partition coefficient (Wildman–Crippen LogP) is 2.71. The number of carbonyl (C=O) groups is 1. The highest BCUT2D eigenvalue weighted by Gasteiger charge is 2.52. The number of nitrogens with one attached hydrogen (secondary N) is 1. The molecule has 0 unspecified atom stereocenters. The number of rotatable bonds is 2. The first-order valence-corrected chi connectivity index (χ1v) is 8.69. The molecule has 23 heavy (non-hydrogen) atoms. The minimum absolute atomic E-state index is 0.000211. The van der Waals surface area contributed by atoms with Crippen LogP contribution in [0.2, 0.25) is 0 Å². The van der Waals surface area contributed by atoms with Crippen LogP contribution < -0.4 is 5.32 Å². The third kappa shape index (κ3) is 2.72. The number of hydrogen-bond acceptors (Lipinski definition) is 3. The first-order chi connectivity index (χ1) is 11.0. The fraction of sp³-hybridized carbons (Fsp3) is 0.684. The van der Waals surface area contributed by atoms with Gasteiger partial charge in [-0.25, -0.2) is 0 Å². The Morgan fingerprint density at radius 2 is 2.30 bits per heavy atom. The molecule has 1 saturated carbocycles. The third-order valence-electron chi connectivity index (χ3n) is 6.40. The van der Waals surface area contributed by atoms with E-state index in [1.165, 1.54) is 11.1 Å². The molecule has 1 amide bonds. The highest BCUT2D eigenvalue weighted by Crippen LogP contribution is 2.57. The Morgan fingerprint density at radius 3 is 3.04 bits per heavy atom. The quantitative estimate of drug-likeness (QED) is 0.770. The lowest BCUT2D eigenvalue weighted by Crippen LogP contribution is -2.50. The highest BCUT2D eigenvalue weighted by atomic mass is 16.3. The standard InChI is InChI=1S/C19H26N2O2/c1-12-10-16(22)18-15(14(12)4-3-8-20)6-5-13-11-17(23)21-9-7-19(13,18)2/h10-11,14-16,18,22H,3-7,9H2,1-2H3,(H,21,23)/t14-,15+,16-,18-,19+/m1/s1. The molecule has 1 aliphatic heterocycles. The Balaban J connectivity index is 1.99. The number of aliphatic hydroxyl groups is 1. The molecule has 4 nitrogen and oxygen atoms in total. The number of amides is 1. The lowest BCUT2D eigenvalue weighted by atomic mass is 9.51. The van der Waals surface area contributed by atoms with E-state index in [4.69, 9.17) is 5.26 Å². The van der Waals surface area contributed by atoms with Crippen molar-refractivity contribution >= 4 is 5.91 Å². The van der Waals surface area contributed by atoms with Gasteiger partial charge in [0, 0.05) is 25.0 Å². The lowest BCUT2D eigenvalue weighted by Gasteiger charge is -2.53. The van der Waals surface area contributed by atoms with Crippen LogP contribution in [0.25, 0.3) is 0 Å². The van der Waals surface area contributed by atoms with Crippen LogP contribution in [0.5, 0.6) is 0 Å². The maximum Gasteiger partial charge on any atom is 0.243 e. The van der Waals surface area contributed by atoms with Crippen LogP contribution in [0, 0.1) is 34.5 Å². The van der Waals surface area contributed by atoms with Gasteiger partial charge in [0.1, 0.15) is 0 Å². The molecular formula is C19H26N2O2. The molecule has 0 radical (unpaired) electrons. The van der Waals surface area contributed by atoms with Crippen LogP contribution in [0.3, 0.4) is 0 Å². The maximum atomic E-state index is 11.9. The Bertz CT molecular complexity index is 601. The van der Waals surface area contributed by atoms with E-state index in [9.17, 15) is 9.90 Å². The number of hydrogen-bond donors (Lipinski definition) is 2. The van der Waals surface area contributed by atoms with Crippen molar-refractivity contribution in [2.75, 3.05) is 6.54 Å². The van der Waals surface area contributed by atoms with Crippen molar-refractivity contribution in [2.45, 2.75) is 52.1 Å². The monoisotopic (exact) mass is 314 g/mol. The normalized spacial score (nSPS) is 39.8. The van der Waals surface area contributed by atoms with Crippen LogP contribution in [0.15, 0.2) is 23.3 Å². The van der Waals surface area contributed by atoms with Crippen molar-refractivity contribution in [1.82, 2.24) is 5.32 Å². The van der Waals surface area contributed by atoms with Crippen molar-refractivity contribution in [3.8, 4) is 6.07 Å². The van der Waals surface area contributed by atoms with Gasteiger partial charge in [0.05, 0.1) is 12.2 Å². The topological polar surface area (TPSA) is 73.1 Å². The number of allylic oxidation sites excluding steroid dienone is 2. The summed E-state index contributed by atoms with van der Waals surface area (Å²) in [5, 5.41) is 22.7. The molecular weight excluding hydrogens is 288 g/mol. The SMILES string of the molecule is CC1=C[C@@H](O)[C@H]2[C@@H](CCC3=CC(=O)NCC[C@@]32C)[C@@H]1CCC#N. The number of nitrogens with zero attached hydrogens (tertiary/aromatic N) is 1. The van der Waals surface area contributed by atoms with Crippen LogP contribution in [0.1, 0.15) is 46.0 Å². The molecule has 1 heterocycles. The average Bonchev–Trinajstić information content (AvgIpc) is 2.64. The van der Waals surface area contributed by atoms with Gasteiger partial charge < -0.3 is 10.4 Å². The van der Waals surface area contributed by atoms with Gasteiger partial charge in [-0.2, -0.15) is 5.26 Å². The zero-order valence-electron chi connectivity index (χ0n) is 14.0. The number of aliphatic hydroxyl groups excluding tert-OH is 1. The van der Waals surface area contributed by atoms with Crippen molar-refractivity contribution in [3.63, 3.8) is 0 Å². The first-order valence-electron chi connectivity index (χ1n) is 8.69. The van der Waals surface area contributed by atoms with Crippen molar-refractivity contribution in [2.24, 2.45) is 23.2 Å². The first kappa shape index (κ1) is 16.3. The number of fused-ring (bicyclic) bond motifs is 3. The second kappa shape index (κ2) is 6.13. The van der Waals surface area contributed by atoms with E-state index in [1.54, 1.807) is 6.08 Å². The maximum absolute atomic E-state index is 11.9. The Kier molecular flexibility index (Phi) is 4.33. The molecule has 0 aromatic heterocycles. The second-order valence-corrected chi connectivity index (χ2v) is 7.56. The van der Waals surface area contributed by atoms with Gasteiger partial charge in [0.15, 0.2) is 0 Å². The highest BCUT2D eigenvalue weighted by molar-refractivity contribution is 5.88. The largest absolute Gasteiger partial charge is 0.389 e. The molecule has 3 aliphatic rings. The summed E-state index contributed by atoms with van der Waals surface area (Å²) < 4.78 is 0. The minimum Gasteiger partial charge on any atom is -0.389 e. The van der Waals surface area contributed by atoms with Crippen molar-refractivity contribution in [1.29, 1.82) is 5.26 Å². The zero-order chi connectivity index (χ0) is 16.6. The van der Waals surface area contributed by atoms with E-state index < -0.39 is 6.10 Å². The van der Waals surface area contributed by atoms with E-state index in [0.717, 1.165) is 25.7 Å². The molecule has 4 heteroatoms. The molecule has 124 valence electrons. The molecule has 5 atom stereocenters. The van der Waals surface area contributed by atoms with E-state index in [1.807, 2.05) is 6.08 Å². The summed E-state index contributed by atoms with van der Waals surface area (Å²) in [6.07, 6.45) is 7.54. The molecule has 3 rings (SSSR count). The van der Waals surface area contributed by atoms with Gasteiger partial charge in [-0.05, 0) is 49.9 Å². The van der Waals surface area contributed by atoms with Gasteiger partial charge >= 0.3 is 0 Å². The lowest BCUT2D eigenvalue weighted by molar-refractivity contribution is -0.116. The van der Waals surface area contributed by atoms with Crippen LogP contribution in [0.4, 0.5) is 0 Å². The molecule has 0 aromatic carbocycles. The Morgan fingerprint density at radius 1 is 1.52 bits per heavy atom. The summed E-state index contributed by atoms with van der Waals surface area (Å²) in [7, 11) is 0. The van der Waals surface area contributed by atoms with Gasteiger partial charge in [-0.15, -0.1) is 0 Å². The molecule has 2 N–H and O–H groups in total. The molecule has 0 saturated heterocycles. The van der Waals surface area contributed by atoms with Crippen LogP contribution in [-0.2, 0) is 4.79 Å². The zero-order valence-corrected chi connectivity index (χ0v) is 14.0. The predicted molar refractivity (Wildman–Crippen MR) is 88.1 cm³/mol. The average molecular weight is 314 g/mol. The van der Waals surface area contributed by atoms with Crippen LogP contribution in [-0.4, -0.2) is 23.7 Å². The van der Waals surface area contributed by atoms with Gasteiger partial charge in [-0.1, -0.05) is 24.1 Å². The molecule has 1 fully saturated rings. The number of nitriles is 1. The third-order valence-corrected chi connectivity index (χ3v) is 6.40. The van der Waals surface area contributed by atoms with E-state index in [0.29, 0.717) is 24.8 Å². The summed E-state index contributed by atoms with van der Waals surface area (Å²) in [4.78, 5) is 11.9. The second-order valence-electron chi connectivity index (χ2n) is 7.56. The molecule has 2 aliphatic carbocycles. The Hall–Kier alpha value is -1.60. The minimum atomic E-state index is -0.458. The van der Waals surface area contributed by atoms with Crippen molar-refractivity contribution < 1.29 is 9.90 Å². The van der Waals surface area contributed by atoms with Crippen molar-refractivity contribution in [3.05, 3.63) is 23.3 Å². The van der Waals surface area contributed by atoms with E-state index in [2.05, 4.69) is 25.2 Å². The molecule has 0 aromatic rings. The van der Waals surface area contributed by atoms with Gasteiger partial charge in [0.25, 0.3) is 0 Å². The van der Waals surface area contributed by atoms with E-state index in [-0.39, 0.29) is 17.2 Å². The summed E-state index contributed by atoms with van der Waals surface area (Å²) in [6, 6.07) is 2.27. The van der Waals surface area contributed by atoms with E-state index >= 15 is 0 Å². The van der Waals surface area contributed by atoms with Crippen LogP contribution >= 0.6 is 0 Å². The fourth-order valence-electron chi connectivity index (χ4n) is 5.27. The summed E-state index contributed by atoms with van der Waals surface area (Å²) in [6.45, 7) is 4.97.